The number of amides is 1. The summed E-state index contributed by atoms with van der Waals surface area (Å²) in [6.07, 6.45) is 3.19. The predicted octanol–water partition coefficient (Wildman–Crippen LogP) is 0.970. The molecule has 0 aliphatic carbocycles. The quantitative estimate of drug-likeness (QED) is 0.880. The third-order valence-corrected chi connectivity index (χ3v) is 4.31. The molecule has 1 aromatic carbocycles. The molecule has 0 spiro atoms. The fourth-order valence-electron chi connectivity index (χ4n) is 2.21. The molecule has 0 saturated carbocycles. The molecule has 6 nitrogen and oxygen atoms in total. The van der Waals surface area contributed by atoms with Gasteiger partial charge in [-0.3, -0.25) is 4.79 Å². The van der Waals surface area contributed by atoms with Gasteiger partial charge in [0, 0.05) is 23.7 Å². The van der Waals surface area contributed by atoms with Crippen molar-refractivity contribution in [3.05, 3.63) is 42.5 Å². The largest absolute Gasteiger partial charge is 0.325 e. The van der Waals surface area contributed by atoms with Gasteiger partial charge in [0.1, 0.15) is 12.7 Å². The van der Waals surface area contributed by atoms with E-state index in [-0.39, 0.29) is 11.9 Å². The highest BCUT2D eigenvalue weighted by molar-refractivity contribution is 7.99. The zero-order valence-electron chi connectivity index (χ0n) is 11.5. The van der Waals surface area contributed by atoms with Crippen molar-refractivity contribution in [1.29, 1.82) is 0 Å². The molecule has 1 saturated heterocycles. The number of thioether (sulfide) groups is 1. The van der Waals surface area contributed by atoms with E-state index in [1.54, 1.807) is 22.8 Å². The maximum atomic E-state index is 12.2. The second-order valence-corrected chi connectivity index (χ2v) is 6.01. The first kappa shape index (κ1) is 14.1. The lowest BCUT2D eigenvalue weighted by molar-refractivity contribution is -0.117. The SMILES string of the molecule is O=C(Nc1cccc(Cn2cncn2)c1)C1CSCCN1. The monoisotopic (exact) mass is 303 g/mol. The Balaban J connectivity index is 1.63. The number of carbonyl (C=O) groups excluding carboxylic acids is 1. The van der Waals surface area contributed by atoms with Gasteiger partial charge in [0.15, 0.2) is 0 Å². The Morgan fingerprint density at radius 1 is 1.52 bits per heavy atom. The fraction of sp³-hybridized carbons (Fsp3) is 0.357. The van der Waals surface area contributed by atoms with Crippen LogP contribution in [0.25, 0.3) is 0 Å². The van der Waals surface area contributed by atoms with Crippen molar-refractivity contribution in [3.8, 4) is 0 Å². The number of hydrogen-bond acceptors (Lipinski definition) is 5. The number of anilines is 1. The molecule has 2 heterocycles. The van der Waals surface area contributed by atoms with Crippen molar-refractivity contribution in [1.82, 2.24) is 20.1 Å². The topological polar surface area (TPSA) is 71.8 Å². The second kappa shape index (κ2) is 6.73. The normalized spacial score (nSPS) is 18.4. The Kier molecular flexibility index (Phi) is 4.52. The maximum Gasteiger partial charge on any atom is 0.242 e. The van der Waals surface area contributed by atoms with Gasteiger partial charge < -0.3 is 10.6 Å². The molecule has 3 rings (SSSR count). The molecular weight excluding hydrogens is 286 g/mol. The predicted molar refractivity (Wildman–Crippen MR) is 83.3 cm³/mol. The van der Waals surface area contributed by atoms with Crippen LogP contribution < -0.4 is 10.6 Å². The Bertz CT molecular complexity index is 595. The van der Waals surface area contributed by atoms with E-state index in [1.807, 2.05) is 24.3 Å². The highest BCUT2D eigenvalue weighted by atomic mass is 32.2. The first-order valence-electron chi connectivity index (χ1n) is 6.84. The van der Waals surface area contributed by atoms with Gasteiger partial charge in [-0.25, -0.2) is 9.67 Å². The molecular formula is C14H17N5OS. The molecule has 1 aromatic heterocycles. The zero-order chi connectivity index (χ0) is 14.5. The minimum Gasteiger partial charge on any atom is -0.325 e. The Hall–Kier alpha value is -1.86. The molecule has 21 heavy (non-hydrogen) atoms. The molecule has 2 N–H and O–H groups in total. The lowest BCUT2D eigenvalue weighted by atomic mass is 10.2. The Labute approximate surface area is 127 Å². The number of rotatable bonds is 4. The van der Waals surface area contributed by atoms with E-state index in [9.17, 15) is 4.79 Å². The molecule has 1 aliphatic heterocycles. The number of benzene rings is 1. The summed E-state index contributed by atoms with van der Waals surface area (Å²) in [6, 6.07) is 7.70. The second-order valence-electron chi connectivity index (χ2n) is 4.86. The van der Waals surface area contributed by atoms with Crippen molar-refractivity contribution in [3.63, 3.8) is 0 Å². The Morgan fingerprint density at radius 2 is 2.48 bits per heavy atom. The van der Waals surface area contributed by atoms with Crippen molar-refractivity contribution in [2.75, 3.05) is 23.4 Å². The van der Waals surface area contributed by atoms with Gasteiger partial charge in [0.2, 0.25) is 5.91 Å². The van der Waals surface area contributed by atoms with E-state index in [1.165, 1.54) is 6.33 Å². The van der Waals surface area contributed by atoms with Crippen LogP contribution in [-0.2, 0) is 11.3 Å². The third kappa shape index (κ3) is 3.83. The number of hydrogen-bond donors (Lipinski definition) is 2. The van der Waals surface area contributed by atoms with Crippen LogP contribution in [0.3, 0.4) is 0 Å². The lowest BCUT2D eigenvalue weighted by Gasteiger charge is -2.22. The smallest absolute Gasteiger partial charge is 0.242 e. The molecule has 1 amide bonds. The fourth-order valence-corrected chi connectivity index (χ4v) is 3.15. The number of nitrogens with zero attached hydrogens (tertiary/aromatic N) is 3. The van der Waals surface area contributed by atoms with Crippen LogP contribution in [0.5, 0.6) is 0 Å². The van der Waals surface area contributed by atoms with Crippen molar-refractivity contribution >= 4 is 23.4 Å². The Morgan fingerprint density at radius 3 is 3.24 bits per heavy atom. The van der Waals surface area contributed by atoms with Gasteiger partial charge in [0.25, 0.3) is 0 Å². The molecule has 1 unspecified atom stereocenters. The van der Waals surface area contributed by atoms with Gasteiger partial charge >= 0.3 is 0 Å². The van der Waals surface area contributed by atoms with Crippen LogP contribution in [0.15, 0.2) is 36.9 Å². The van der Waals surface area contributed by atoms with Gasteiger partial charge in [-0.1, -0.05) is 12.1 Å². The summed E-state index contributed by atoms with van der Waals surface area (Å²) >= 11 is 1.81. The molecule has 2 aromatic rings. The van der Waals surface area contributed by atoms with Crippen LogP contribution in [0.1, 0.15) is 5.56 Å². The molecule has 0 bridgehead atoms. The number of carbonyl (C=O) groups is 1. The van der Waals surface area contributed by atoms with E-state index >= 15 is 0 Å². The number of nitrogens with one attached hydrogen (secondary N) is 2. The summed E-state index contributed by atoms with van der Waals surface area (Å²) in [7, 11) is 0. The average Bonchev–Trinajstić information content (AvgIpc) is 3.01. The van der Waals surface area contributed by atoms with Gasteiger partial charge in [-0.05, 0) is 17.7 Å². The molecule has 7 heteroatoms. The van der Waals surface area contributed by atoms with Crippen molar-refractivity contribution in [2.45, 2.75) is 12.6 Å². The highest BCUT2D eigenvalue weighted by Gasteiger charge is 2.20. The first-order valence-corrected chi connectivity index (χ1v) is 8.00. The average molecular weight is 303 g/mol. The zero-order valence-corrected chi connectivity index (χ0v) is 12.3. The van der Waals surface area contributed by atoms with Crippen molar-refractivity contribution in [2.24, 2.45) is 0 Å². The summed E-state index contributed by atoms with van der Waals surface area (Å²) < 4.78 is 1.75. The van der Waals surface area contributed by atoms with Gasteiger partial charge in [-0.2, -0.15) is 16.9 Å². The maximum absolute atomic E-state index is 12.2. The third-order valence-electron chi connectivity index (χ3n) is 3.24. The van der Waals surface area contributed by atoms with Crippen molar-refractivity contribution < 1.29 is 4.79 Å². The van der Waals surface area contributed by atoms with Gasteiger partial charge in [0.05, 0.1) is 12.6 Å². The lowest BCUT2D eigenvalue weighted by Crippen LogP contribution is -2.46. The molecule has 1 atom stereocenters. The minimum atomic E-state index is -0.109. The molecule has 110 valence electrons. The van der Waals surface area contributed by atoms with E-state index in [2.05, 4.69) is 20.7 Å². The summed E-state index contributed by atoms with van der Waals surface area (Å²) in [5, 5.41) is 10.3. The van der Waals surface area contributed by atoms with Crippen LogP contribution in [0.4, 0.5) is 5.69 Å². The summed E-state index contributed by atoms with van der Waals surface area (Å²) in [6.45, 7) is 1.52. The molecule has 1 aliphatic rings. The molecule has 0 radical (unpaired) electrons. The van der Waals surface area contributed by atoms with Crippen LogP contribution in [-0.4, -0.2) is 44.8 Å². The van der Waals surface area contributed by atoms with Crippen LogP contribution in [0.2, 0.25) is 0 Å². The summed E-state index contributed by atoms with van der Waals surface area (Å²) in [5.41, 5.74) is 1.89. The standard InChI is InChI=1S/C14H17N5OS/c20-14(13-8-21-5-4-16-13)18-12-3-1-2-11(6-12)7-19-10-15-9-17-19/h1-3,6,9-10,13,16H,4-5,7-8H2,(H,18,20). The van der Waals surface area contributed by atoms with E-state index in [4.69, 9.17) is 0 Å². The van der Waals surface area contributed by atoms with Crippen LogP contribution in [0, 0.1) is 0 Å². The van der Waals surface area contributed by atoms with E-state index < -0.39 is 0 Å². The highest BCUT2D eigenvalue weighted by Crippen LogP contribution is 2.14. The van der Waals surface area contributed by atoms with E-state index in [0.29, 0.717) is 6.54 Å². The summed E-state index contributed by atoms with van der Waals surface area (Å²) in [4.78, 5) is 16.1. The first-order chi connectivity index (χ1) is 10.3. The number of aromatic nitrogens is 3. The van der Waals surface area contributed by atoms with E-state index in [0.717, 1.165) is 29.3 Å². The summed E-state index contributed by atoms with van der Waals surface area (Å²) in [5.74, 6) is 1.92. The minimum absolute atomic E-state index is 0.0279. The van der Waals surface area contributed by atoms with Crippen LogP contribution >= 0.6 is 11.8 Å². The van der Waals surface area contributed by atoms with Gasteiger partial charge in [-0.15, -0.1) is 0 Å². The molecule has 1 fully saturated rings.